The zero-order valence-electron chi connectivity index (χ0n) is 8.04. The fourth-order valence-electron chi connectivity index (χ4n) is 1.06. The first-order valence-corrected chi connectivity index (χ1v) is 4.54. The number of fused-ring (bicyclic) bond motifs is 1. The highest BCUT2D eigenvalue weighted by Crippen LogP contribution is 2.17. The van der Waals surface area contributed by atoms with E-state index in [4.69, 9.17) is 5.11 Å². The van der Waals surface area contributed by atoms with Crippen LogP contribution in [-0.2, 0) is 0 Å². The van der Waals surface area contributed by atoms with E-state index < -0.39 is 0 Å². The van der Waals surface area contributed by atoms with Crippen molar-refractivity contribution < 1.29 is 5.11 Å². The van der Waals surface area contributed by atoms with Gasteiger partial charge >= 0.3 is 0 Å². The molecule has 2 nitrogen and oxygen atoms in total. The lowest BCUT2D eigenvalue weighted by Crippen LogP contribution is -1.62. The van der Waals surface area contributed by atoms with Crippen LogP contribution in [-0.4, -0.2) is 10.1 Å². The Hall–Kier alpha value is -1.44. The number of hydrogen-bond donors (Lipinski definition) is 2. The van der Waals surface area contributed by atoms with Gasteiger partial charge in [-0.3, -0.25) is 0 Å². The molecule has 0 amide bonds. The van der Waals surface area contributed by atoms with Crippen molar-refractivity contribution in [3.05, 3.63) is 30.3 Å². The highest BCUT2D eigenvalue weighted by Gasteiger charge is 1.94. The predicted molar refractivity (Wildman–Crippen MR) is 55.9 cm³/mol. The minimum Gasteiger partial charge on any atom is -0.495 e. The largest absolute Gasteiger partial charge is 0.495 e. The van der Waals surface area contributed by atoms with Crippen LogP contribution in [0.2, 0.25) is 0 Å². The first kappa shape index (κ1) is 9.65. The van der Waals surface area contributed by atoms with E-state index in [1.807, 2.05) is 24.3 Å². The Morgan fingerprint density at radius 2 is 1.85 bits per heavy atom. The second-order valence-electron chi connectivity index (χ2n) is 2.95. The van der Waals surface area contributed by atoms with Crippen molar-refractivity contribution in [2.24, 2.45) is 0 Å². The van der Waals surface area contributed by atoms with Gasteiger partial charge in [0.15, 0.2) is 5.88 Å². The number of aromatic nitrogens is 1. The molecule has 13 heavy (non-hydrogen) atoms. The lowest BCUT2D eigenvalue weighted by atomic mass is 10.3. The van der Waals surface area contributed by atoms with Gasteiger partial charge in [0.25, 0.3) is 0 Å². The van der Waals surface area contributed by atoms with Crippen molar-refractivity contribution in [3.8, 4) is 5.88 Å². The fourth-order valence-corrected chi connectivity index (χ4v) is 1.06. The van der Waals surface area contributed by atoms with Crippen molar-refractivity contribution in [2.75, 3.05) is 0 Å². The Morgan fingerprint density at radius 3 is 2.46 bits per heavy atom. The molecule has 0 spiro atoms. The molecule has 2 N–H and O–H groups in total. The van der Waals surface area contributed by atoms with Gasteiger partial charge in [0, 0.05) is 17.0 Å². The van der Waals surface area contributed by atoms with Crippen LogP contribution < -0.4 is 0 Å². The molecule has 1 aromatic heterocycles. The van der Waals surface area contributed by atoms with Gasteiger partial charge in [-0.25, -0.2) is 0 Å². The van der Waals surface area contributed by atoms with Gasteiger partial charge in [-0.05, 0) is 6.07 Å². The molecule has 2 rings (SSSR count). The summed E-state index contributed by atoms with van der Waals surface area (Å²) in [6, 6.07) is 9.45. The monoisotopic (exact) mass is 177 g/mol. The number of rotatable bonds is 0. The SMILES string of the molecule is CCC.Oc1cc2ccccc2[nH]1. The Balaban J connectivity index is 0.000000251. The Kier molecular flexibility index (Phi) is 3.38. The van der Waals surface area contributed by atoms with E-state index in [0.717, 1.165) is 10.9 Å². The average Bonchev–Trinajstić information content (AvgIpc) is 2.45. The van der Waals surface area contributed by atoms with E-state index in [0.29, 0.717) is 0 Å². The smallest absolute Gasteiger partial charge is 0.189 e. The van der Waals surface area contributed by atoms with Crippen LogP contribution in [0.1, 0.15) is 20.3 Å². The molecule has 0 aliphatic heterocycles. The Labute approximate surface area is 78.2 Å². The molecule has 0 bridgehead atoms. The third-order valence-electron chi connectivity index (χ3n) is 1.52. The summed E-state index contributed by atoms with van der Waals surface area (Å²) in [7, 11) is 0. The van der Waals surface area contributed by atoms with Crippen LogP contribution in [0.15, 0.2) is 30.3 Å². The molecule has 0 unspecified atom stereocenters. The normalized spacial score (nSPS) is 9.38. The Morgan fingerprint density at radius 1 is 1.23 bits per heavy atom. The van der Waals surface area contributed by atoms with Crippen LogP contribution in [0.4, 0.5) is 0 Å². The zero-order valence-corrected chi connectivity index (χ0v) is 8.04. The molecule has 0 aliphatic carbocycles. The van der Waals surface area contributed by atoms with E-state index in [9.17, 15) is 0 Å². The molecule has 70 valence electrons. The van der Waals surface area contributed by atoms with Gasteiger partial charge in [0.2, 0.25) is 0 Å². The van der Waals surface area contributed by atoms with Gasteiger partial charge < -0.3 is 10.1 Å². The zero-order chi connectivity index (χ0) is 9.68. The predicted octanol–water partition coefficient (Wildman–Crippen LogP) is 3.29. The van der Waals surface area contributed by atoms with Crippen molar-refractivity contribution >= 4 is 10.9 Å². The lowest BCUT2D eigenvalue weighted by Gasteiger charge is -1.83. The summed E-state index contributed by atoms with van der Waals surface area (Å²) in [6.07, 6.45) is 1.25. The molecule has 0 atom stereocenters. The highest BCUT2D eigenvalue weighted by atomic mass is 16.3. The Bertz CT molecular complexity index is 332. The average molecular weight is 177 g/mol. The molecule has 0 saturated heterocycles. The number of aromatic amines is 1. The maximum Gasteiger partial charge on any atom is 0.189 e. The van der Waals surface area contributed by atoms with Gasteiger partial charge in [-0.1, -0.05) is 38.5 Å². The van der Waals surface area contributed by atoms with Crippen molar-refractivity contribution in [1.82, 2.24) is 4.98 Å². The van der Waals surface area contributed by atoms with Crippen LogP contribution in [0.25, 0.3) is 10.9 Å². The van der Waals surface area contributed by atoms with E-state index in [1.165, 1.54) is 6.42 Å². The van der Waals surface area contributed by atoms with Crippen molar-refractivity contribution in [2.45, 2.75) is 20.3 Å². The summed E-state index contributed by atoms with van der Waals surface area (Å²) < 4.78 is 0. The van der Waals surface area contributed by atoms with Crippen molar-refractivity contribution in [3.63, 3.8) is 0 Å². The maximum atomic E-state index is 9.00. The summed E-state index contributed by atoms with van der Waals surface area (Å²) in [4.78, 5) is 2.81. The molecule has 2 aromatic rings. The van der Waals surface area contributed by atoms with Gasteiger partial charge in [0.1, 0.15) is 0 Å². The number of H-pyrrole nitrogens is 1. The van der Waals surface area contributed by atoms with Crippen molar-refractivity contribution in [1.29, 1.82) is 0 Å². The second kappa shape index (κ2) is 4.55. The number of hydrogen-bond acceptors (Lipinski definition) is 1. The molecular weight excluding hydrogens is 162 g/mol. The fraction of sp³-hybridized carbons (Fsp3) is 0.273. The van der Waals surface area contributed by atoms with Crippen LogP contribution in [0.3, 0.4) is 0 Å². The maximum absolute atomic E-state index is 9.00. The van der Waals surface area contributed by atoms with E-state index in [1.54, 1.807) is 6.07 Å². The quantitative estimate of drug-likeness (QED) is 0.636. The van der Waals surface area contributed by atoms with Gasteiger partial charge in [-0.15, -0.1) is 0 Å². The molecule has 1 aromatic carbocycles. The summed E-state index contributed by atoms with van der Waals surface area (Å²) in [6.45, 7) is 4.25. The van der Waals surface area contributed by atoms with E-state index in [2.05, 4.69) is 18.8 Å². The molecule has 0 radical (unpaired) electrons. The third kappa shape index (κ3) is 2.51. The summed E-state index contributed by atoms with van der Waals surface area (Å²) in [5.74, 6) is 0.223. The minimum atomic E-state index is 0.223. The topological polar surface area (TPSA) is 36.0 Å². The number of para-hydroxylation sites is 1. The van der Waals surface area contributed by atoms with Gasteiger partial charge in [0.05, 0.1) is 0 Å². The number of benzene rings is 1. The summed E-state index contributed by atoms with van der Waals surface area (Å²) in [5.41, 5.74) is 0.972. The van der Waals surface area contributed by atoms with Crippen LogP contribution in [0.5, 0.6) is 5.88 Å². The molecule has 0 aliphatic rings. The molecule has 0 saturated carbocycles. The minimum absolute atomic E-state index is 0.223. The van der Waals surface area contributed by atoms with E-state index >= 15 is 0 Å². The molecule has 2 heteroatoms. The van der Waals surface area contributed by atoms with Gasteiger partial charge in [-0.2, -0.15) is 0 Å². The third-order valence-corrected chi connectivity index (χ3v) is 1.52. The van der Waals surface area contributed by atoms with E-state index in [-0.39, 0.29) is 5.88 Å². The molecular formula is C11H15NO. The summed E-state index contributed by atoms with van der Waals surface area (Å²) in [5, 5.41) is 10.0. The standard InChI is InChI=1S/C8H7NO.C3H8/c10-8-5-6-3-1-2-4-7(6)9-8;1-3-2/h1-5,9-10H;3H2,1-2H3. The van der Waals surface area contributed by atoms with Crippen LogP contribution in [0, 0.1) is 0 Å². The first-order valence-electron chi connectivity index (χ1n) is 4.54. The first-order chi connectivity index (χ1) is 6.27. The summed E-state index contributed by atoms with van der Waals surface area (Å²) >= 11 is 0. The lowest BCUT2D eigenvalue weighted by molar-refractivity contribution is 0.458. The number of aromatic hydroxyl groups is 1. The highest BCUT2D eigenvalue weighted by molar-refractivity contribution is 5.80. The second-order valence-corrected chi connectivity index (χ2v) is 2.95. The molecule has 1 heterocycles. The number of nitrogens with one attached hydrogen (secondary N) is 1. The molecule has 0 fully saturated rings. The van der Waals surface area contributed by atoms with Crippen LogP contribution >= 0.6 is 0 Å².